The monoisotopic (exact) mass is 552 g/mol. The van der Waals surface area contributed by atoms with Gasteiger partial charge >= 0.3 is 17.7 Å². The molecule has 1 unspecified atom stereocenters. The summed E-state index contributed by atoms with van der Waals surface area (Å²) in [5.74, 6) is -0.380. The van der Waals surface area contributed by atoms with Crippen LogP contribution in [-0.2, 0) is 29.0 Å². The Morgan fingerprint density at radius 3 is 2.59 bits per heavy atom. The predicted octanol–water partition coefficient (Wildman–Crippen LogP) is 6.37. The molecule has 0 aliphatic heterocycles. The fourth-order valence-corrected chi connectivity index (χ4v) is 4.92. The van der Waals surface area contributed by atoms with E-state index in [1.807, 2.05) is 67.7 Å². The summed E-state index contributed by atoms with van der Waals surface area (Å²) in [4.78, 5) is 42.1. The number of hydrogen-bond donors (Lipinski definition) is 2. The molecule has 2 aromatic heterocycles. The molecule has 8 heteroatoms. The molecule has 5 aromatic rings. The number of amides is 1. The fourth-order valence-electron chi connectivity index (χ4n) is 4.92. The normalized spacial score (nSPS) is 11.9. The Bertz CT molecular complexity index is 1740. The van der Waals surface area contributed by atoms with E-state index in [0.717, 1.165) is 46.0 Å². The molecule has 0 radical (unpaired) electrons. The molecule has 41 heavy (non-hydrogen) atoms. The summed E-state index contributed by atoms with van der Waals surface area (Å²) < 4.78 is 16.9. The zero-order chi connectivity index (χ0) is 28.8. The van der Waals surface area contributed by atoms with Crippen molar-refractivity contribution in [2.75, 3.05) is 0 Å². The molecule has 0 fully saturated rings. The zero-order valence-corrected chi connectivity index (χ0v) is 23.1. The van der Waals surface area contributed by atoms with E-state index in [4.69, 9.17) is 13.9 Å². The van der Waals surface area contributed by atoms with E-state index < -0.39 is 23.7 Å². The average molecular weight is 553 g/mol. The van der Waals surface area contributed by atoms with Gasteiger partial charge in [0.1, 0.15) is 24.0 Å². The third kappa shape index (κ3) is 6.66. The molecule has 1 amide bonds. The lowest BCUT2D eigenvalue weighted by Gasteiger charge is -2.19. The molecule has 5 rings (SSSR count). The number of rotatable bonds is 10. The summed E-state index contributed by atoms with van der Waals surface area (Å²) in [6.45, 7) is 3.96. The number of benzene rings is 3. The summed E-state index contributed by atoms with van der Waals surface area (Å²) in [6.07, 6.45) is 3.68. The number of ether oxygens (including phenoxy) is 2. The number of para-hydroxylation sites is 1. The first-order valence-corrected chi connectivity index (χ1v) is 13.7. The maximum Gasteiger partial charge on any atom is 0.408 e. The molecular formula is C33H32N2O6. The number of aromatic amines is 1. The van der Waals surface area contributed by atoms with Gasteiger partial charge in [0.25, 0.3) is 0 Å². The van der Waals surface area contributed by atoms with Crippen molar-refractivity contribution in [2.45, 2.75) is 52.2 Å². The number of aryl methyl sites for hydroxylation is 2. The van der Waals surface area contributed by atoms with Gasteiger partial charge < -0.3 is 24.2 Å². The van der Waals surface area contributed by atoms with Crippen LogP contribution in [0.25, 0.3) is 21.9 Å². The lowest BCUT2D eigenvalue weighted by atomic mass is 10.0. The molecule has 1 atom stereocenters. The molecule has 3 aromatic carbocycles. The standard InChI is InChI=1S/C33H32N2O6/c1-3-4-12-23-18-30(36)40-28-15-21(2)16-29(31(23)28)41-32(37)27(17-24-19-34-26-14-9-8-13-25(24)26)35-33(38)39-20-22-10-6-5-7-11-22/h5-11,13-16,18-19,27,34H,3-4,12,17,20H2,1-2H3,(H,35,38). The Morgan fingerprint density at radius 2 is 1.78 bits per heavy atom. The summed E-state index contributed by atoms with van der Waals surface area (Å²) >= 11 is 0. The summed E-state index contributed by atoms with van der Waals surface area (Å²) in [6, 6.07) is 20.9. The number of nitrogens with one attached hydrogen (secondary N) is 2. The van der Waals surface area contributed by atoms with Gasteiger partial charge in [0, 0.05) is 29.6 Å². The van der Waals surface area contributed by atoms with Crippen molar-refractivity contribution in [3.8, 4) is 5.75 Å². The second kappa shape index (κ2) is 12.6. The number of aromatic nitrogens is 1. The number of alkyl carbamates (subject to hydrolysis) is 1. The molecule has 0 saturated carbocycles. The number of carbonyl (C=O) groups is 2. The number of unbranched alkanes of at least 4 members (excludes halogenated alkanes) is 1. The highest BCUT2D eigenvalue weighted by Crippen LogP contribution is 2.31. The van der Waals surface area contributed by atoms with Gasteiger partial charge in [-0.25, -0.2) is 14.4 Å². The Balaban J connectivity index is 1.44. The van der Waals surface area contributed by atoms with Crippen LogP contribution >= 0.6 is 0 Å². The van der Waals surface area contributed by atoms with Crippen molar-refractivity contribution in [1.29, 1.82) is 0 Å². The third-order valence-electron chi connectivity index (χ3n) is 6.93. The summed E-state index contributed by atoms with van der Waals surface area (Å²) in [7, 11) is 0. The SMILES string of the molecule is CCCCc1cc(=O)oc2cc(C)cc(OC(=O)C(Cc3c[nH]c4ccccc34)NC(=O)OCc3ccccc3)c12. The Kier molecular flexibility index (Phi) is 8.48. The first kappa shape index (κ1) is 27.7. The highest BCUT2D eigenvalue weighted by atomic mass is 16.6. The molecule has 210 valence electrons. The number of carbonyl (C=O) groups excluding carboxylic acids is 2. The molecule has 0 aliphatic carbocycles. The maximum atomic E-state index is 13.7. The van der Waals surface area contributed by atoms with E-state index in [1.54, 1.807) is 12.1 Å². The number of esters is 1. The van der Waals surface area contributed by atoms with Crippen LogP contribution in [0, 0.1) is 6.92 Å². The molecule has 2 heterocycles. The second-order valence-corrected chi connectivity index (χ2v) is 10.1. The lowest BCUT2D eigenvalue weighted by Crippen LogP contribution is -2.44. The number of fused-ring (bicyclic) bond motifs is 2. The average Bonchev–Trinajstić information content (AvgIpc) is 3.37. The minimum absolute atomic E-state index is 0.0594. The molecule has 2 N–H and O–H groups in total. The van der Waals surface area contributed by atoms with Crippen molar-refractivity contribution in [1.82, 2.24) is 10.3 Å². The lowest BCUT2D eigenvalue weighted by molar-refractivity contribution is -0.136. The first-order chi connectivity index (χ1) is 19.9. The summed E-state index contributed by atoms with van der Waals surface area (Å²) in [5, 5.41) is 4.23. The van der Waals surface area contributed by atoms with E-state index in [1.165, 1.54) is 6.07 Å². The van der Waals surface area contributed by atoms with Gasteiger partial charge in [-0.2, -0.15) is 0 Å². The Labute approximate surface area is 237 Å². The molecule has 0 spiro atoms. The smallest absolute Gasteiger partial charge is 0.408 e. The van der Waals surface area contributed by atoms with E-state index in [-0.39, 0.29) is 18.8 Å². The quantitative estimate of drug-likeness (QED) is 0.118. The van der Waals surface area contributed by atoms with E-state index in [0.29, 0.717) is 17.4 Å². The van der Waals surface area contributed by atoms with Crippen LogP contribution in [0.15, 0.2) is 88.2 Å². The van der Waals surface area contributed by atoms with Crippen molar-refractivity contribution in [2.24, 2.45) is 0 Å². The number of H-pyrrole nitrogens is 1. The minimum atomic E-state index is -1.05. The van der Waals surface area contributed by atoms with Gasteiger partial charge in [-0.3, -0.25) is 0 Å². The fraction of sp³-hybridized carbons (Fsp3) is 0.242. The van der Waals surface area contributed by atoms with Crippen molar-refractivity contribution in [3.63, 3.8) is 0 Å². The van der Waals surface area contributed by atoms with E-state index in [2.05, 4.69) is 17.2 Å². The van der Waals surface area contributed by atoms with Gasteiger partial charge in [0.15, 0.2) is 0 Å². The van der Waals surface area contributed by atoms with Crippen LogP contribution in [0.4, 0.5) is 4.79 Å². The van der Waals surface area contributed by atoms with Crippen LogP contribution < -0.4 is 15.7 Å². The first-order valence-electron chi connectivity index (χ1n) is 13.7. The Morgan fingerprint density at radius 1 is 1.00 bits per heavy atom. The summed E-state index contributed by atoms with van der Waals surface area (Å²) in [5.41, 5.74) is 4.01. The van der Waals surface area contributed by atoms with Gasteiger partial charge in [-0.1, -0.05) is 61.9 Å². The van der Waals surface area contributed by atoms with Gasteiger partial charge in [0.2, 0.25) is 0 Å². The van der Waals surface area contributed by atoms with Crippen LogP contribution in [0.5, 0.6) is 5.75 Å². The molecule has 8 nitrogen and oxygen atoms in total. The molecular weight excluding hydrogens is 520 g/mol. The minimum Gasteiger partial charge on any atom is -0.445 e. The maximum absolute atomic E-state index is 13.7. The highest BCUT2D eigenvalue weighted by molar-refractivity contribution is 5.92. The van der Waals surface area contributed by atoms with Crippen LogP contribution in [-0.4, -0.2) is 23.1 Å². The Hall–Kier alpha value is -4.85. The van der Waals surface area contributed by atoms with E-state index >= 15 is 0 Å². The topological polar surface area (TPSA) is 111 Å². The van der Waals surface area contributed by atoms with Crippen LogP contribution in [0.2, 0.25) is 0 Å². The number of hydrogen-bond acceptors (Lipinski definition) is 6. The van der Waals surface area contributed by atoms with Crippen molar-refractivity contribution >= 4 is 33.9 Å². The van der Waals surface area contributed by atoms with Gasteiger partial charge in [0.05, 0.1) is 5.39 Å². The second-order valence-electron chi connectivity index (χ2n) is 10.1. The largest absolute Gasteiger partial charge is 0.445 e. The molecule has 0 aliphatic rings. The van der Waals surface area contributed by atoms with Gasteiger partial charge in [-0.15, -0.1) is 0 Å². The van der Waals surface area contributed by atoms with E-state index in [9.17, 15) is 14.4 Å². The highest BCUT2D eigenvalue weighted by Gasteiger charge is 2.27. The van der Waals surface area contributed by atoms with Crippen molar-refractivity contribution in [3.05, 3.63) is 112 Å². The van der Waals surface area contributed by atoms with Gasteiger partial charge in [-0.05, 0) is 60.2 Å². The van der Waals surface area contributed by atoms with Crippen LogP contribution in [0.1, 0.15) is 42.0 Å². The van der Waals surface area contributed by atoms with Crippen LogP contribution in [0.3, 0.4) is 0 Å². The molecule has 0 saturated heterocycles. The zero-order valence-electron chi connectivity index (χ0n) is 23.1. The van der Waals surface area contributed by atoms with Crippen molar-refractivity contribution < 1.29 is 23.5 Å². The predicted molar refractivity (Wildman–Crippen MR) is 157 cm³/mol. The third-order valence-corrected chi connectivity index (χ3v) is 6.93. The molecule has 0 bridgehead atoms.